The molecular weight excluding hydrogens is 319 g/mol. The second kappa shape index (κ2) is 7.66. The number of ether oxygens (including phenoxy) is 3. The molecule has 2 heterocycles. The van der Waals surface area contributed by atoms with Crippen LogP contribution in [-0.4, -0.2) is 44.4 Å². The molecule has 5 nitrogen and oxygen atoms in total. The van der Waals surface area contributed by atoms with Crippen LogP contribution in [0.2, 0.25) is 0 Å². The Balaban J connectivity index is 1.45. The van der Waals surface area contributed by atoms with Crippen molar-refractivity contribution in [1.82, 2.24) is 0 Å². The maximum Gasteiger partial charge on any atom is 0.494 e. The SMILES string of the molecule is CC1(C)OB(c2ccc(OCCOC3CCCCO3)cc2)OC1(C)C. The summed E-state index contributed by atoms with van der Waals surface area (Å²) in [5, 5.41) is 0. The molecule has 2 aliphatic heterocycles. The third kappa shape index (κ3) is 4.56. The first-order chi connectivity index (χ1) is 11.9. The summed E-state index contributed by atoms with van der Waals surface area (Å²) in [5.74, 6) is 0.813. The summed E-state index contributed by atoms with van der Waals surface area (Å²) in [6, 6.07) is 7.86. The van der Waals surface area contributed by atoms with Gasteiger partial charge in [-0.25, -0.2) is 0 Å². The summed E-state index contributed by atoms with van der Waals surface area (Å²) >= 11 is 0. The molecule has 1 aromatic carbocycles. The van der Waals surface area contributed by atoms with Gasteiger partial charge in [-0.15, -0.1) is 0 Å². The van der Waals surface area contributed by atoms with Gasteiger partial charge < -0.3 is 23.5 Å². The van der Waals surface area contributed by atoms with Crippen molar-refractivity contribution < 1.29 is 23.5 Å². The zero-order chi connectivity index (χ0) is 17.9. The van der Waals surface area contributed by atoms with Gasteiger partial charge in [-0.05, 0) is 64.6 Å². The van der Waals surface area contributed by atoms with Crippen LogP contribution in [0.5, 0.6) is 5.75 Å². The largest absolute Gasteiger partial charge is 0.494 e. The fourth-order valence-electron chi connectivity index (χ4n) is 2.88. The Hall–Kier alpha value is -1.08. The summed E-state index contributed by atoms with van der Waals surface area (Å²) < 4.78 is 29.1. The molecule has 0 amide bonds. The molecule has 25 heavy (non-hydrogen) atoms. The minimum atomic E-state index is -0.342. The van der Waals surface area contributed by atoms with Gasteiger partial charge in [0, 0.05) is 6.61 Å². The average molecular weight is 348 g/mol. The van der Waals surface area contributed by atoms with Crippen molar-refractivity contribution in [2.24, 2.45) is 0 Å². The van der Waals surface area contributed by atoms with Crippen LogP contribution in [0, 0.1) is 0 Å². The lowest BCUT2D eigenvalue weighted by atomic mass is 9.79. The quantitative estimate of drug-likeness (QED) is 0.584. The molecule has 1 unspecified atom stereocenters. The lowest BCUT2D eigenvalue weighted by Crippen LogP contribution is -2.41. The second-order valence-corrected chi connectivity index (χ2v) is 7.67. The second-order valence-electron chi connectivity index (χ2n) is 7.67. The molecule has 0 N–H and O–H groups in total. The lowest BCUT2D eigenvalue weighted by molar-refractivity contribution is -0.165. The summed E-state index contributed by atoms with van der Waals surface area (Å²) in [5.41, 5.74) is 0.342. The van der Waals surface area contributed by atoms with Crippen LogP contribution >= 0.6 is 0 Å². The average Bonchev–Trinajstić information content (AvgIpc) is 2.81. The molecular formula is C19H29BO5. The Morgan fingerprint density at radius 2 is 1.68 bits per heavy atom. The van der Waals surface area contributed by atoms with Crippen molar-refractivity contribution in [3.05, 3.63) is 24.3 Å². The van der Waals surface area contributed by atoms with Crippen molar-refractivity contribution in [3.63, 3.8) is 0 Å². The van der Waals surface area contributed by atoms with Gasteiger partial charge >= 0.3 is 7.12 Å². The van der Waals surface area contributed by atoms with E-state index < -0.39 is 0 Å². The standard InChI is InChI=1S/C19H29BO5/c1-18(2)19(3,4)25-20(24-18)15-8-10-16(11-9-15)21-13-14-23-17-7-5-6-12-22-17/h8-11,17H,5-7,12-14H2,1-4H3. The molecule has 138 valence electrons. The van der Waals surface area contributed by atoms with E-state index in [-0.39, 0.29) is 24.6 Å². The van der Waals surface area contributed by atoms with E-state index in [1.165, 1.54) is 6.42 Å². The van der Waals surface area contributed by atoms with E-state index in [2.05, 4.69) is 27.7 Å². The summed E-state index contributed by atoms with van der Waals surface area (Å²) in [6.07, 6.45) is 3.21. The Labute approximate surface area is 151 Å². The number of rotatable bonds is 6. The summed E-state index contributed by atoms with van der Waals surface area (Å²) in [4.78, 5) is 0. The third-order valence-electron chi connectivity index (χ3n) is 5.20. The van der Waals surface area contributed by atoms with E-state index in [1.54, 1.807) is 0 Å². The molecule has 0 bridgehead atoms. The minimum Gasteiger partial charge on any atom is -0.491 e. The van der Waals surface area contributed by atoms with Crippen molar-refractivity contribution in [1.29, 1.82) is 0 Å². The predicted octanol–water partition coefficient (Wildman–Crippen LogP) is 2.91. The zero-order valence-electron chi connectivity index (χ0n) is 15.7. The number of benzene rings is 1. The van der Waals surface area contributed by atoms with E-state index in [0.717, 1.165) is 30.7 Å². The molecule has 6 heteroatoms. The van der Waals surface area contributed by atoms with Gasteiger partial charge in [0.25, 0.3) is 0 Å². The van der Waals surface area contributed by atoms with Gasteiger partial charge in [-0.2, -0.15) is 0 Å². The van der Waals surface area contributed by atoms with E-state index in [9.17, 15) is 0 Å². The van der Waals surface area contributed by atoms with Crippen LogP contribution in [-0.2, 0) is 18.8 Å². The van der Waals surface area contributed by atoms with Gasteiger partial charge in [0.15, 0.2) is 6.29 Å². The van der Waals surface area contributed by atoms with Crippen molar-refractivity contribution >= 4 is 12.6 Å². The lowest BCUT2D eigenvalue weighted by Gasteiger charge is -2.32. The maximum atomic E-state index is 6.06. The van der Waals surface area contributed by atoms with Crippen LogP contribution in [0.15, 0.2) is 24.3 Å². The summed E-state index contributed by atoms with van der Waals surface area (Å²) in [6.45, 7) is 10.1. The molecule has 2 saturated heterocycles. The fourth-order valence-corrected chi connectivity index (χ4v) is 2.88. The van der Waals surface area contributed by atoms with Gasteiger partial charge in [0.2, 0.25) is 0 Å². The van der Waals surface area contributed by atoms with Crippen molar-refractivity contribution in [2.45, 2.75) is 64.4 Å². The van der Waals surface area contributed by atoms with Gasteiger partial charge in [-0.1, -0.05) is 12.1 Å². The van der Waals surface area contributed by atoms with Crippen LogP contribution in [0.25, 0.3) is 0 Å². The van der Waals surface area contributed by atoms with E-state index in [4.69, 9.17) is 23.5 Å². The van der Waals surface area contributed by atoms with Crippen LogP contribution in [0.4, 0.5) is 0 Å². The molecule has 3 rings (SSSR count). The molecule has 1 atom stereocenters. The van der Waals surface area contributed by atoms with Crippen LogP contribution < -0.4 is 10.2 Å². The monoisotopic (exact) mass is 348 g/mol. The molecule has 2 aliphatic rings. The van der Waals surface area contributed by atoms with Crippen LogP contribution in [0.3, 0.4) is 0 Å². The smallest absolute Gasteiger partial charge is 0.491 e. The molecule has 2 fully saturated rings. The number of hydrogen-bond acceptors (Lipinski definition) is 5. The van der Waals surface area contributed by atoms with Gasteiger partial charge in [-0.3, -0.25) is 0 Å². The highest BCUT2D eigenvalue weighted by atomic mass is 16.7. The van der Waals surface area contributed by atoms with Gasteiger partial charge in [0.05, 0.1) is 17.8 Å². The molecule has 0 aromatic heterocycles. The molecule has 0 saturated carbocycles. The normalized spacial score (nSPS) is 25.1. The zero-order valence-corrected chi connectivity index (χ0v) is 15.7. The maximum absolute atomic E-state index is 6.06. The molecule has 0 spiro atoms. The predicted molar refractivity (Wildman–Crippen MR) is 97.2 cm³/mol. The first-order valence-electron chi connectivity index (χ1n) is 9.19. The Morgan fingerprint density at radius 3 is 2.28 bits per heavy atom. The van der Waals surface area contributed by atoms with E-state index in [0.29, 0.717) is 13.2 Å². The molecule has 1 aromatic rings. The van der Waals surface area contributed by atoms with Crippen LogP contribution in [0.1, 0.15) is 47.0 Å². The first-order valence-corrected chi connectivity index (χ1v) is 9.19. The van der Waals surface area contributed by atoms with E-state index >= 15 is 0 Å². The van der Waals surface area contributed by atoms with Gasteiger partial charge in [0.1, 0.15) is 12.4 Å². The summed E-state index contributed by atoms with van der Waals surface area (Å²) in [7, 11) is -0.342. The Morgan fingerprint density at radius 1 is 1.00 bits per heavy atom. The Kier molecular flexibility index (Phi) is 5.73. The molecule has 0 aliphatic carbocycles. The number of hydrogen-bond donors (Lipinski definition) is 0. The van der Waals surface area contributed by atoms with E-state index in [1.807, 2.05) is 24.3 Å². The van der Waals surface area contributed by atoms with Crippen molar-refractivity contribution in [3.8, 4) is 5.75 Å². The first kappa shape index (κ1) is 18.7. The highest BCUT2D eigenvalue weighted by Crippen LogP contribution is 2.36. The fraction of sp³-hybridized carbons (Fsp3) is 0.684. The topological polar surface area (TPSA) is 46.2 Å². The Bertz CT molecular complexity index is 535. The minimum absolute atomic E-state index is 0.0666. The highest BCUT2D eigenvalue weighted by Gasteiger charge is 2.51. The van der Waals surface area contributed by atoms with Crippen molar-refractivity contribution in [2.75, 3.05) is 19.8 Å². The highest BCUT2D eigenvalue weighted by molar-refractivity contribution is 6.62. The molecule has 0 radical (unpaired) electrons. The third-order valence-corrected chi connectivity index (χ3v) is 5.20.